The molecule has 0 radical (unpaired) electrons. The number of carbonyl (C=O) groups is 1. The molecule has 1 fully saturated rings. The topological polar surface area (TPSA) is 29.5 Å². The minimum absolute atomic E-state index is 0.0511. The van der Waals surface area contributed by atoms with E-state index < -0.39 is 0 Å². The Morgan fingerprint density at radius 3 is 2.64 bits per heavy atom. The number of ether oxygens (including phenoxy) is 1. The maximum absolute atomic E-state index is 13.2. The van der Waals surface area contributed by atoms with E-state index in [4.69, 9.17) is 4.74 Å². The molecule has 0 bridgehead atoms. The Bertz CT molecular complexity index is 749. The molecule has 0 aromatic heterocycles. The number of thioether (sulfide) groups is 1. The van der Waals surface area contributed by atoms with Gasteiger partial charge >= 0.3 is 0 Å². The summed E-state index contributed by atoms with van der Waals surface area (Å²) in [5.74, 6) is 2.31. The summed E-state index contributed by atoms with van der Waals surface area (Å²) in [4.78, 5) is 15.3. The molecule has 3 rings (SSSR count). The zero-order valence-corrected chi connectivity index (χ0v) is 17.8. The molecule has 1 aliphatic rings. The van der Waals surface area contributed by atoms with Crippen LogP contribution in [0.3, 0.4) is 0 Å². The molecule has 0 spiro atoms. The molecule has 0 saturated carbocycles. The second-order valence-electron chi connectivity index (χ2n) is 7.31. The molecule has 2 aromatic carbocycles. The fourth-order valence-electron chi connectivity index (χ4n) is 3.69. The third kappa shape index (κ3) is 5.11. The van der Waals surface area contributed by atoms with Crippen molar-refractivity contribution in [2.24, 2.45) is 5.92 Å². The molecule has 150 valence electrons. The van der Waals surface area contributed by atoms with Gasteiger partial charge in [0, 0.05) is 23.8 Å². The first-order valence-corrected chi connectivity index (χ1v) is 11.5. The number of carbonyl (C=O) groups excluding carboxylic acids is 1. The second kappa shape index (κ2) is 10.6. The molecule has 0 unspecified atom stereocenters. The van der Waals surface area contributed by atoms with Crippen molar-refractivity contribution >= 4 is 17.7 Å². The van der Waals surface area contributed by atoms with Gasteiger partial charge in [0.25, 0.3) is 0 Å². The zero-order valence-electron chi connectivity index (χ0n) is 17.0. The van der Waals surface area contributed by atoms with Gasteiger partial charge in [-0.05, 0) is 24.5 Å². The van der Waals surface area contributed by atoms with Gasteiger partial charge in [-0.25, -0.2) is 0 Å². The Hall–Kier alpha value is -1.94. The van der Waals surface area contributed by atoms with E-state index in [-0.39, 0.29) is 11.3 Å². The summed E-state index contributed by atoms with van der Waals surface area (Å²) in [7, 11) is 0. The summed E-state index contributed by atoms with van der Waals surface area (Å²) in [6.45, 7) is 5.68. The Balaban J connectivity index is 1.75. The molecule has 3 nitrogen and oxygen atoms in total. The predicted molar refractivity (Wildman–Crippen MR) is 117 cm³/mol. The highest BCUT2D eigenvalue weighted by atomic mass is 32.2. The van der Waals surface area contributed by atoms with Crippen LogP contribution in [-0.2, 0) is 11.4 Å². The summed E-state index contributed by atoms with van der Waals surface area (Å²) in [6.07, 6.45) is 4.16. The van der Waals surface area contributed by atoms with E-state index in [2.05, 4.69) is 36.9 Å². The SMILES string of the molecule is CCCC[C@@H](CC)C(=O)N1CCS[C@H]1c1ccccc1OCc1ccccc1. The van der Waals surface area contributed by atoms with Crippen molar-refractivity contribution in [1.29, 1.82) is 0 Å². The molecule has 28 heavy (non-hydrogen) atoms. The van der Waals surface area contributed by atoms with Crippen LogP contribution in [0.1, 0.15) is 56.0 Å². The molecular formula is C24H31NO2S. The van der Waals surface area contributed by atoms with Gasteiger partial charge in [0.15, 0.2) is 0 Å². The molecule has 1 heterocycles. The van der Waals surface area contributed by atoms with Crippen LogP contribution in [0.25, 0.3) is 0 Å². The van der Waals surface area contributed by atoms with Crippen molar-refractivity contribution in [1.82, 2.24) is 4.90 Å². The number of benzene rings is 2. The van der Waals surface area contributed by atoms with Gasteiger partial charge in [0.05, 0.1) is 0 Å². The van der Waals surface area contributed by atoms with Crippen molar-refractivity contribution in [3.05, 3.63) is 65.7 Å². The summed E-state index contributed by atoms with van der Waals surface area (Å²) in [6, 6.07) is 18.4. The monoisotopic (exact) mass is 397 g/mol. The first-order valence-electron chi connectivity index (χ1n) is 10.4. The highest BCUT2D eigenvalue weighted by Gasteiger charge is 2.35. The minimum Gasteiger partial charge on any atom is -0.489 e. The second-order valence-corrected chi connectivity index (χ2v) is 8.50. The summed E-state index contributed by atoms with van der Waals surface area (Å²) >= 11 is 1.84. The molecule has 1 aliphatic heterocycles. The lowest BCUT2D eigenvalue weighted by molar-refractivity contribution is -0.136. The van der Waals surface area contributed by atoms with Gasteiger partial charge in [-0.3, -0.25) is 4.79 Å². The number of amides is 1. The standard InChI is InChI=1S/C24H31NO2S/c1-3-5-13-20(4-2)23(26)25-16-17-28-24(25)21-14-9-10-15-22(21)27-18-19-11-7-6-8-12-19/h6-12,14-15,20,24H,3-5,13,16-18H2,1-2H3/t20-,24+/m1/s1. The predicted octanol–water partition coefficient (Wildman–Crippen LogP) is 6.06. The molecule has 0 N–H and O–H groups in total. The maximum atomic E-state index is 13.2. The highest BCUT2D eigenvalue weighted by molar-refractivity contribution is 7.99. The van der Waals surface area contributed by atoms with E-state index in [0.717, 1.165) is 54.9 Å². The van der Waals surface area contributed by atoms with E-state index in [1.807, 2.05) is 48.2 Å². The highest BCUT2D eigenvalue weighted by Crippen LogP contribution is 2.43. The van der Waals surface area contributed by atoms with E-state index >= 15 is 0 Å². The normalized spacial score (nSPS) is 17.5. The molecule has 0 aliphatic carbocycles. The minimum atomic E-state index is 0.0511. The van der Waals surface area contributed by atoms with Crippen LogP contribution in [0.15, 0.2) is 54.6 Å². The quantitative estimate of drug-likeness (QED) is 0.515. The van der Waals surface area contributed by atoms with Crippen LogP contribution in [-0.4, -0.2) is 23.1 Å². The van der Waals surface area contributed by atoms with Gasteiger partial charge in [0.1, 0.15) is 17.7 Å². The van der Waals surface area contributed by atoms with Crippen molar-refractivity contribution in [2.75, 3.05) is 12.3 Å². The lowest BCUT2D eigenvalue weighted by atomic mass is 9.97. The van der Waals surface area contributed by atoms with Crippen LogP contribution in [0.4, 0.5) is 0 Å². The summed E-state index contributed by atoms with van der Waals surface area (Å²) < 4.78 is 6.16. The average molecular weight is 398 g/mol. The van der Waals surface area contributed by atoms with E-state index in [9.17, 15) is 4.79 Å². The molecular weight excluding hydrogens is 366 g/mol. The third-order valence-corrected chi connectivity index (χ3v) is 6.59. The Kier molecular flexibility index (Phi) is 7.84. The van der Waals surface area contributed by atoms with Gasteiger partial charge in [0.2, 0.25) is 5.91 Å². The number of para-hydroxylation sites is 1. The van der Waals surface area contributed by atoms with Crippen LogP contribution in [0.5, 0.6) is 5.75 Å². The Morgan fingerprint density at radius 2 is 1.89 bits per heavy atom. The van der Waals surface area contributed by atoms with Crippen LogP contribution in [0.2, 0.25) is 0 Å². The number of hydrogen-bond acceptors (Lipinski definition) is 3. The Morgan fingerprint density at radius 1 is 1.14 bits per heavy atom. The van der Waals surface area contributed by atoms with Crippen LogP contribution >= 0.6 is 11.8 Å². The first-order chi connectivity index (χ1) is 13.7. The van der Waals surface area contributed by atoms with Crippen molar-refractivity contribution in [3.63, 3.8) is 0 Å². The summed E-state index contributed by atoms with van der Waals surface area (Å²) in [5, 5.41) is 0.0511. The number of hydrogen-bond donors (Lipinski definition) is 0. The van der Waals surface area contributed by atoms with Crippen molar-refractivity contribution in [2.45, 2.75) is 51.5 Å². The fourth-order valence-corrected chi connectivity index (χ4v) is 4.98. The van der Waals surface area contributed by atoms with Crippen LogP contribution in [0, 0.1) is 5.92 Å². The Labute approximate surface area is 173 Å². The van der Waals surface area contributed by atoms with Gasteiger partial charge < -0.3 is 9.64 Å². The maximum Gasteiger partial charge on any atom is 0.226 e. The number of nitrogens with zero attached hydrogens (tertiary/aromatic N) is 1. The molecule has 2 aromatic rings. The van der Waals surface area contributed by atoms with Crippen molar-refractivity contribution in [3.8, 4) is 5.75 Å². The van der Waals surface area contributed by atoms with E-state index in [1.54, 1.807) is 0 Å². The first kappa shape index (κ1) is 20.8. The van der Waals surface area contributed by atoms with Gasteiger partial charge in [-0.2, -0.15) is 0 Å². The van der Waals surface area contributed by atoms with E-state index in [0.29, 0.717) is 12.5 Å². The lowest BCUT2D eigenvalue weighted by Gasteiger charge is -2.29. The molecule has 4 heteroatoms. The molecule has 2 atom stereocenters. The lowest BCUT2D eigenvalue weighted by Crippen LogP contribution is -2.35. The van der Waals surface area contributed by atoms with Gasteiger partial charge in [-0.15, -0.1) is 11.8 Å². The largest absolute Gasteiger partial charge is 0.489 e. The average Bonchev–Trinajstić information content (AvgIpc) is 3.23. The molecule has 1 amide bonds. The third-order valence-electron chi connectivity index (χ3n) is 5.34. The fraction of sp³-hybridized carbons (Fsp3) is 0.458. The van der Waals surface area contributed by atoms with E-state index in [1.165, 1.54) is 0 Å². The molecule has 1 saturated heterocycles. The smallest absolute Gasteiger partial charge is 0.226 e. The van der Waals surface area contributed by atoms with Gasteiger partial charge in [-0.1, -0.05) is 75.2 Å². The van der Waals surface area contributed by atoms with Crippen molar-refractivity contribution < 1.29 is 9.53 Å². The number of unbranched alkanes of at least 4 members (excludes halogenated alkanes) is 1. The summed E-state index contributed by atoms with van der Waals surface area (Å²) in [5.41, 5.74) is 2.26. The number of rotatable bonds is 9. The zero-order chi connectivity index (χ0) is 19.8. The van der Waals surface area contributed by atoms with Crippen LogP contribution < -0.4 is 4.74 Å².